The van der Waals surface area contributed by atoms with E-state index in [-0.39, 0.29) is 17.5 Å². The van der Waals surface area contributed by atoms with Crippen molar-refractivity contribution in [1.29, 1.82) is 0 Å². The Bertz CT molecular complexity index is 714. The SMILES string of the molecule is COc1cccc(CC2NCCc3cc(O)c(O)cc32)c1OC. The van der Waals surface area contributed by atoms with Crippen LogP contribution in [-0.4, -0.2) is 31.0 Å². The lowest BCUT2D eigenvalue weighted by Gasteiger charge is -2.28. The van der Waals surface area contributed by atoms with Crippen molar-refractivity contribution in [2.24, 2.45) is 0 Å². The first kappa shape index (κ1) is 15.5. The Morgan fingerprint density at radius 1 is 1.13 bits per heavy atom. The number of benzene rings is 2. The van der Waals surface area contributed by atoms with Crippen molar-refractivity contribution in [3.8, 4) is 23.0 Å². The van der Waals surface area contributed by atoms with Gasteiger partial charge in [0.15, 0.2) is 23.0 Å². The molecular weight excluding hydrogens is 294 g/mol. The molecule has 5 nitrogen and oxygen atoms in total. The molecule has 0 saturated heterocycles. The first-order valence-corrected chi connectivity index (χ1v) is 7.62. The van der Waals surface area contributed by atoms with E-state index in [4.69, 9.17) is 9.47 Å². The van der Waals surface area contributed by atoms with Crippen LogP contribution in [-0.2, 0) is 12.8 Å². The normalized spacial score (nSPS) is 16.7. The minimum Gasteiger partial charge on any atom is -0.504 e. The van der Waals surface area contributed by atoms with Crippen LogP contribution in [0.2, 0.25) is 0 Å². The van der Waals surface area contributed by atoms with Crippen molar-refractivity contribution in [2.45, 2.75) is 18.9 Å². The molecule has 1 aliphatic rings. The molecule has 1 atom stereocenters. The highest BCUT2D eigenvalue weighted by atomic mass is 16.5. The summed E-state index contributed by atoms with van der Waals surface area (Å²) >= 11 is 0. The quantitative estimate of drug-likeness (QED) is 0.756. The highest BCUT2D eigenvalue weighted by Crippen LogP contribution is 2.38. The van der Waals surface area contributed by atoms with E-state index in [1.54, 1.807) is 26.4 Å². The number of phenolic OH excluding ortho intramolecular Hbond substituents is 2. The summed E-state index contributed by atoms with van der Waals surface area (Å²) in [6, 6.07) is 9.17. The van der Waals surface area contributed by atoms with Gasteiger partial charge in [-0.1, -0.05) is 12.1 Å². The van der Waals surface area contributed by atoms with Crippen molar-refractivity contribution in [3.63, 3.8) is 0 Å². The third kappa shape index (κ3) is 2.92. The van der Waals surface area contributed by atoms with Crippen LogP contribution in [0.15, 0.2) is 30.3 Å². The van der Waals surface area contributed by atoms with Gasteiger partial charge in [-0.3, -0.25) is 0 Å². The molecule has 122 valence electrons. The lowest BCUT2D eigenvalue weighted by Crippen LogP contribution is -2.31. The zero-order valence-corrected chi connectivity index (χ0v) is 13.3. The van der Waals surface area contributed by atoms with Gasteiger partial charge < -0.3 is 25.0 Å². The van der Waals surface area contributed by atoms with E-state index in [0.717, 1.165) is 35.4 Å². The fraction of sp³-hybridized carbons (Fsp3) is 0.333. The van der Waals surface area contributed by atoms with Crippen LogP contribution >= 0.6 is 0 Å². The smallest absolute Gasteiger partial charge is 0.163 e. The van der Waals surface area contributed by atoms with Gasteiger partial charge >= 0.3 is 0 Å². The summed E-state index contributed by atoms with van der Waals surface area (Å²) in [5, 5.41) is 23.0. The van der Waals surface area contributed by atoms with E-state index >= 15 is 0 Å². The van der Waals surface area contributed by atoms with Gasteiger partial charge in [-0.15, -0.1) is 0 Å². The molecule has 1 heterocycles. The standard InChI is InChI=1S/C18H21NO4/c1-22-17-5-3-4-12(18(17)23-2)8-14-13-10-16(21)15(20)9-11(13)6-7-19-14/h3-5,9-10,14,19-21H,6-8H2,1-2H3. The summed E-state index contributed by atoms with van der Waals surface area (Å²) in [7, 11) is 3.25. The van der Waals surface area contributed by atoms with Crippen LogP contribution in [0.5, 0.6) is 23.0 Å². The molecule has 23 heavy (non-hydrogen) atoms. The fourth-order valence-corrected chi connectivity index (χ4v) is 3.18. The van der Waals surface area contributed by atoms with Crippen molar-refractivity contribution >= 4 is 0 Å². The van der Waals surface area contributed by atoms with E-state index < -0.39 is 0 Å². The molecule has 2 aromatic rings. The largest absolute Gasteiger partial charge is 0.504 e. The minimum atomic E-state index is -0.0879. The fourth-order valence-electron chi connectivity index (χ4n) is 3.18. The van der Waals surface area contributed by atoms with Crippen LogP contribution in [0.25, 0.3) is 0 Å². The van der Waals surface area contributed by atoms with E-state index in [2.05, 4.69) is 5.32 Å². The maximum Gasteiger partial charge on any atom is 0.163 e. The summed E-state index contributed by atoms with van der Waals surface area (Å²) in [5.74, 6) is 1.28. The van der Waals surface area contributed by atoms with Crippen LogP contribution < -0.4 is 14.8 Å². The Kier molecular flexibility index (Phi) is 4.30. The van der Waals surface area contributed by atoms with Crippen LogP contribution in [0.1, 0.15) is 22.7 Å². The van der Waals surface area contributed by atoms with E-state index in [1.165, 1.54) is 0 Å². The van der Waals surface area contributed by atoms with Gasteiger partial charge in [0.05, 0.1) is 14.2 Å². The molecule has 1 unspecified atom stereocenters. The van der Waals surface area contributed by atoms with E-state index in [0.29, 0.717) is 12.2 Å². The molecule has 1 aliphatic heterocycles. The zero-order chi connectivity index (χ0) is 16.4. The second-order valence-corrected chi connectivity index (χ2v) is 5.65. The monoisotopic (exact) mass is 315 g/mol. The van der Waals surface area contributed by atoms with Crippen molar-refractivity contribution in [2.75, 3.05) is 20.8 Å². The van der Waals surface area contributed by atoms with Crippen molar-refractivity contribution in [1.82, 2.24) is 5.32 Å². The Hall–Kier alpha value is -2.40. The highest BCUT2D eigenvalue weighted by Gasteiger charge is 2.23. The summed E-state index contributed by atoms with van der Waals surface area (Å²) < 4.78 is 10.8. The number of methoxy groups -OCH3 is 2. The molecule has 2 aromatic carbocycles. The molecule has 0 amide bonds. The average molecular weight is 315 g/mol. The van der Waals surface area contributed by atoms with Gasteiger partial charge in [0.1, 0.15) is 0 Å². The molecule has 0 spiro atoms. The Labute approximate surface area is 135 Å². The maximum atomic E-state index is 9.82. The number of para-hydroxylation sites is 1. The van der Waals surface area contributed by atoms with Crippen molar-refractivity contribution < 1.29 is 19.7 Å². The second-order valence-electron chi connectivity index (χ2n) is 5.65. The molecule has 0 bridgehead atoms. The maximum absolute atomic E-state index is 9.82. The zero-order valence-electron chi connectivity index (χ0n) is 13.3. The lowest BCUT2D eigenvalue weighted by molar-refractivity contribution is 0.349. The second kappa shape index (κ2) is 6.38. The van der Waals surface area contributed by atoms with E-state index in [1.807, 2.05) is 18.2 Å². The van der Waals surface area contributed by atoms with Gasteiger partial charge in [0.2, 0.25) is 0 Å². The minimum absolute atomic E-state index is 0.0475. The third-order valence-corrected chi connectivity index (χ3v) is 4.31. The summed E-state index contributed by atoms with van der Waals surface area (Å²) in [5.41, 5.74) is 3.10. The first-order chi connectivity index (χ1) is 11.1. The molecule has 0 aromatic heterocycles. The predicted octanol–water partition coefficient (Wildman–Crippen LogP) is 2.54. The molecule has 3 N–H and O–H groups in total. The molecule has 3 rings (SSSR count). The predicted molar refractivity (Wildman–Crippen MR) is 87.5 cm³/mol. The Balaban J connectivity index is 1.95. The molecule has 0 radical (unpaired) electrons. The van der Waals surface area contributed by atoms with Crippen LogP contribution in [0.4, 0.5) is 0 Å². The van der Waals surface area contributed by atoms with Crippen molar-refractivity contribution in [3.05, 3.63) is 47.0 Å². The van der Waals surface area contributed by atoms with E-state index in [9.17, 15) is 10.2 Å². The summed E-state index contributed by atoms with van der Waals surface area (Å²) in [6.07, 6.45) is 1.53. The van der Waals surface area contributed by atoms with Gasteiger partial charge in [-0.25, -0.2) is 0 Å². The van der Waals surface area contributed by atoms with Gasteiger partial charge in [-0.2, -0.15) is 0 Å². The van der Waals surface area contributed by atoms with Gasteiger partial charge in [-0.05, 0) is 54.3 Å². The van der Waals surface area contributed by atoms with Crippen LogP contribution in [0, 0.1) is 0 Å². The molecular formula is C18H21NO4. The summed E-state index contributed by atoms with van der Waals surface area (Å²) in [4.78, 5) is 0. The number of aromatic hydroxyl groups is 2. The molecule has 0 aliphatic carbocycles. The average Bonchev–Trinajstić information content (AvgIpc) is 2.56. The number of hydrogen-bond acceptors (Lipinski definition) is 5. The molecule has 0 saturated carbocycles. The Morgan fingerprint density at radius 2 is 1.91 bits per heavy atom. The number of rotatable bonds is 4. The number of ether oxygens (including phenoxy) is 2. The molecule has 5 heteroatoms. The Morgan fingerprint density at radius 3 is 2.65 bits per heavy atom. The number of fused-ring (bicyclic) bond motifs is 1. The summed E-state index contributed by atoms with van der Waals surface area (Å²) in [6.45, 7) is 0.828. The highest BCUT2D eigenvalue weighted by molar-refractivity contribution is 5.50. The molecule has 0 fully saturated rings. The van der Waals surface area contributed by atoms with Gasteiger partial charge in [0.25, 0.3) is 0 Å². The third-order valence-electron chi connectivity index (χ3n) is 4.31. The number of hydrogen-bond donors (Lipinski definition) is 3. The van der Waals surface area contributed by atoms with Crippen LogP contribution in [0.3, 0.4) is 0 Å². The van der Waals surface area contributed by atoms with Gasteiger partial charge in [0, 0.05) is 6.04 Å². The number of nitrogens with one attached hydrogen (secondary N) is 1. The number of phenols is 2. The lowest BCUT2D eigenvalue weighted by atomic mass is 9.89. The first-order valence-electron chi connectivity index (χ1n) is 7.62. The topological polar surface area (TPSA) is 71.0 Å².